The average molecular weight is 347 g/mol. The zero-order chi connectivity index (χ0) is 17.0. The molecule has 0 fully saturated rings. The second-order valence-corrected chi connectivity index (χ2v) is 6.51. The third-order valence-electron chi connectivity index (χ3n) is 3.08. The minimum absolute atomic E-state index is 0.0243. The van der Waals surface area contributed by atoms with E-state index in [4.69, 9.17) is 8.94 Å². The van der Waals surface area contributed by atoms with Crippen LogP contribution in [0, 0.1) is 0 Å². The number of benzene rings is 1. The molecule has 0 aliphatic rings. The number of aromatic nitrogens is 2. The lowest BCUT2D eigenvalue weighted by Gasteiger charge is -2.05. The van der Waals surface area contributed by atoms with Crippen LogP contribution in [0.5, 0.6) is 0 Å². The molecule has 0 spiro atoms. The van der Waals surface area contributed by atoms with Crippen LogP contribution in [-0.4, -0.2) is 24.5 Å². The molecule has 124 valence electrons. The van der Waals surface area contributed by atoms with Crippen molar-refractivity contribution in [1.29, 1.82) is 0 Å². The third kappa shape index (κ3) is 3.69. The number of hydrogen-bond acceptors (Lipinski definition) is 7. The van der Waals surface area contributed by atoms with Crippen LogP contribution in [-0.2, 0) is 21.2 Å². The molecule has 0 radical (unpaired) electrons. The number of amides is 1. The normalized spacial score (nSPS) is 11.3. The molecule has 24 heavy (non-hydrogen) atoms. The fourth-order valence-corrected chi connectivity index (χ4v) is 2.98. The Morgan fingerprint density at radius 3 is 2.62 bits per heavy atom. The molecule has 3 aromatic rings. The summed E-state index contributed by atoms with van der Waals surface area (Å²) >= 11 is 0. The summed E-state index contributed by atoms with van der Waals surface area (Å²) in [6, 6.07) is 11.0. The Labute approximate surface area is 137 Å². The number of sulfonamides is 1. The molecule has 1 amide bonds. The van der Waals surface area contributed by atoms with Gasteiger partial charge in [-0.3, -0.25) is 4.79 Å². The van der Waals surface area contributed by atoms with Gasteiger partial charge in [-0.15, -0.1) is 0 Å². The maximum atomic E-state index is 12.0. The summed E-state index contributed by atoms with van der Waals surface area (Å²) in [6.07, 6.45) is 1.49. The Hall–Kier alpha value is -2.94. The Morgan fingerprint density at radius 1 is 1.12 bits per heavy atom. The van der Waals surface area contributed by atoms with Crippen LogP contribution in [0.15, 0.2) is 62.6 Å². The molecule has 8 nitrogen and oxygen atoms in total. The van der Waals surface area contributed by atoms with E-state index in [1.807, 2.05) is 4.72 Å². The van der Waals surface area contributed by atoms with E-state index in [-0.39, 0.29) is 29.5 Å². The first-order chi connectivity index (χ1) is 11.5. The van der Waals surface area contributed by atoms with Gasteiger partial charge >= 0.3 is 0 Å². The van der Waals surface area contributed by atoms with Crippen molar-refractivity contribution in [2.24, 2.45) is 0 Å². The smallest absolute Gasteiger partial charge is 0.264 e. The SMILES string of the molecule is O=C(CCc1nc(-c2ccco2)no1)NS(=O)(=O)c1ccccc1. The van der Waals surface area contributed by atoms with Gasteiger partial charge in [0.2, 0.25) is 17.6 Å². The molecule has 0 atom stereocenters. The predicted octanol–water partition coefficient (Wildman–Crippen LogP) is 1.77. The average Bonchev–Trinajstić information content (AvgIpc) is 3.25. The molecule has 0 unspecified atom stereocenters. The summed E-state index contributed by atoms with van der Waals surface area (Å²) in [5, 5.41) is 3.73. The number of nitrogens with zero attached hydrogens (tertiary/aromatic N) is 2. The Morgan fingerprint density at radius 2 is 1.92 bits per heavy atom. The molecule has 1 N–H and O–H groups in total. The van der Waals surface area contributed by atoms with Crippen molar-refractivity contribution in [2.45, 2.75) is 17.7 Å². The van der Waals surface area contributed by atoms with Crippen molar-refractivity contribution < 1.29 is 22.2 Å². The molecule has 0 saturated carbocycles. The molecule has 0 aliphatic carbocycles. The Bertz CT molecular complexity index is 917. The second kappa shape index (κ2) is 6.67. The third-order valence-corrected chi connectivity index (χ3v) is 4.47. The molecule has 3 rings (SSSR count). The number of nitrogens with one attached hydrogen (secondary N) is 1. The van der Waals surface area contributed by atoms with E-state index in [1.54, 1.807) is 30.3 Å². The number of carbonyl (C=O) groups is 1. The van der Waals surface area contributed by atoms with Gasteiger partial charge in [0, 0.05) is 12.8 Å². The first kappa shape index (κ1) is 15.9. The summed E-state index contributed by atoms with van der Waals surface area (Å²) in [6.45, 7) is 0. The number of carbonyl (C=O) groups excluding carboxylic acids is 1. The van der Waals surface area contributed by atoms with Crippen molar-refractivity contribution in [2.75, 3.05) is 0 Å². The van der Waals surface area contributed by atoms with E-state index in [0.29, 0.717) is 5.76 Å². The Balaban J connectivity index is 1.58. The molecule has 0 bridgehead atoms. The van der Waals surface area contributed by atoms with Gasteiger partial charge in [0.15, 0.2) is 5.76 Å². The van der Waals surface area contributed by atoms with E-state index in [0.717, 1.165) is 0 Å². The van der Waals surface area contributed by atoms with Crippen LogP contribution < -0.4 is 4.72 Å². The van der Waals surface area contributed by atoms with Gasteiger partial charge in [-0.05, 0) is 24.3 Å². The highest BCUT2D eigenvalue weighted by molar-refractivity contribution is 7.90. The van der Waals surface area contributed by atoms with Crippen LogP contribution >= 0.6 is 0 Å². The predicted molar refractivity (Wildman–Crippen MR) is 82.1 cm³/mol. The highest BCUT2D eigenvalue weighted by atomic mass is 32.2. The van der Waals surface area contributed by atoms with Gasteiger partial charge < -0.3 is 8.94 Å². The number of rotatable bonds is 6. The van der Waals surface area contributed by atoms with Crippen LogP contribution in [0.3, 0.4) is 0 Å². The molecule has 2 aromatic heterocycles. The fraction of sp³-hybridized carbons (Fsp3) is 0.133. The van der Waals surface area contributed by atoms with E-state index in [9.17, 15) is 13.2 Å². The second-order valence-electron chi connectivity index (χ2n) is 4.83. The van der Waals surface area contributed by atoms with Crippen LogP contribution in [0.4, 0.5) is 0 Å². The number of aryl methyl sites for hydroxylation is 1. The Kier molecular flexibility index (Phi) is 4.43. The van der Waals surface area contributed by atoms with Gasteiger partial charge in [0.25, 0.3) is 10.0 Å². The van der Waals surface area contributed by atoms with Gasteiger partial charge in [0.05, 0.1) is 11.2 Å². The maximum absolute atomic E-state index is 12.0. The van der Waals surface area contributed by atoms with Crippen LogP contribution in [0.25, 0.3) is 11.6 Å². The lowest BCUT2D eigenvalue weighted by Crippen LogP contribution is -2.30. The maximum Gasteiger partial charge on any atom is 0.264 e. The summed E-state index contributed by atoms with van der Waals surface area (Å²) < 4.78 is 36.2. The van der Waals surface area contributed by atoms with Gasteiger partial charge in [-0.25, -0.2) is 13.1 Å². The highest BCUT2D eigenvalue weighted by Crippen LogP contribution is 2.16. The summed E-state index contributed by atoms with van der Waals surface area (Å²) in [7, 11) is -3.88. The fourth-order valence-electron chi connectivity index (χ4n) is 1.94. The van der Waals surface area contributed by atoms with Gasteiger partial charge in [-0.1, -0.05) is 23.4 Å². The number of furan rings is 1. The molecule has 0 saturated heterocycles. The number of hydrogen-bond donors (Lipinski definition) is 1. The zero-order valence-electron chi connectivity index (χ0n) is 12.4. The standard InChI is InChI=1S/C15H13N3O5S/c19-13(18-24(20,21)11-5-2-1-3-6-11)8-9-14-16-15(17-23-14)12-7-4-10-22-12/h1-7,10H,8-9H2,(H,18,19). The summed E-state index contributed by atoms with van der Waals surface area (Å²) in [5.41, 5.74) is 0. The first-order valence-corrected chi connectivity index (χ1v) is 8.50. The van der Waals surface area contributed by atoms with Gasteiger partial charge in [0.1, 0.15) is 0 Å². The topological polar surface area (TPSA) is 115 Å². The molecule has 1 aromatic carbocycles. The minimum atomic E-state index is -3.88. The zero-order valence-corrected chi connectivity index (χ0v) is 13.2. The first-order valence-electron chi connectivity index (χ1n) is 7.02. The summed E-state index contributed by atoms with van der Waals surface area (Å²) in [5.74, 6) is 0.277. The van der Waals surface area contributed by atoms with Crippen LogP contribution in [0.1, 0.15) is 12.3 Å². The highest BCUT2D eigenvalue weighted by Gasteiger charge is 2.18. The quantitative estimate of drug-likeness (QED) is 0.722. The van der Waals surface area contributed by atoms with Crippen molar-refractivity contribution in [3.63, 3.8) is 0 Å². The van der Waals surface area contributed by atoms with E-state index < -0.39 is 15.9 Å². The molecule has 0 aliphatic heterocycles. The van der Waals surface area contributed by atoms with E-state index in [1.165, 1.54) is 18.4 Å². The van der Waals surface area contributed by atoms with Crippen molar-refractivity contribution in [1.82, 2.24) is 14.9 Å². The lowest BCUT2D eigenvalue weighted by atomic mass is 10.3. The van der Waals surface area contributed by atoms with Crippen LogP contribution in [0.2, 0.25) is 0 Å². The monoisotopic (exact) mass is 347 g/mol. The minimum Gasteiger partial charge on any atom is -0.461 e. The van der Waals surface area contributed by atoms with Gasteiger partial charge in [-0.2, -0.15) is 4.98 Å². The molecule has 9 heteroatoms. The molecular formula is C15H13N3O5S. The van der Waals surface area contributed by atoms with Crippen molar-refractivity contribution in [3.05, 3.63) is 54.6 Å². The molecule has 2 heterocycles. The van der Waals surface area contributed by atoms with Crippen molar-refractivity contribution >= 4 is 15.9 Å². The van der Waals surface area contributed by atoms with E-state index in [2.05, 4.69) is 10.1 Å². The largest absolute Gasteiger partial charge is 0.461 e. The van der Waals surface area contributed by atoms with Crippen molar-refractivity contribution in [3.8, 4) is 11.6 Å². The molecular weight excluding hydrogens is 334 g/mol. The van der Waals surface area contributed by atoms with E-state index >= 15 is 0 Å². The summed E-state index contributed by atoms with van der Waals surface area (Å²) in [4.78, 5) is 15.9. The lowest BCUT2D eigenvalue weighted by molar-refractivity contribution is -0.119.